The van der Waals surface area contributed by atoms with E-state index in [1.165, 1.54) is 24.3 Å². The normalized spacial score (nSPS) is 10.9. The molecule has 0 N–H and O–H groups in total. The molecule has 0 bridgehead atoms. The van der Waals surface area contributed by atoms with Crippen LogP contribution in [0.25, 0.3) is 0 Å². The zero-order valence-corrected chi connectivity index (χ0v) is 11.1. The number of carbonyl (C=O) groups excluding carboxylic acids is 1. The van der Waals surface area contributed by atoms with Crippen LogP contribution in [-0.2, 0) is 4.74 Å². The minimum absolute atomic E-state index is 0.00106. The monoisotopic (exact) mass is 252 g/mol. The average Bonchev–Trinajstić information content (AvgIpc) is 2.34. The smallest absolute Gasteiger partial charge is 0.165 e. The highest BCUT2D eigenvalue weighted by molar-refractivity contribution is 5.96. The van der Waals surface area contributed by atoms with E-state index in [1.807, 2.05) is 0 Å². The summed E-state index contributed by atoms with van der Waals surface area (Å²) in [4.78, 5) is 11.7. The number of benzene rings is 1. The van der Waals surface area contributed by atoms with Gasteiger partial charge in [0.1, 0.15) is 5.82 Å². The van der Waals surface area contributed by atoms with E-state index < -0.39 is 0 Å². The second-order valence-corrected chi connectivity index (χ2v) is 4.83. The molecule has 0 aliphatic carbocycles. The lowest BCUT2D eigenvalue weighted by Crippen LogP contribution is -2.06. The second kappa shape index (κ2) is 7.98. The van der Waals surface area contributed by atoms with Crippen molar-refractivity contribution in [3.8, 4) is 0 Å². The van der Waals surface area contributed by atoms with Gasteiger partial charge in [0.25, 0.3) is 0 Å². The summed E-state index contributed by atoms with van der Waals surface area (Å²) < 4.78 is 18.1. The van der Waals surface area contributed by atoms with E-state index in [9.17, 15) is 9.18 Å². The minimum Gasteiger partial charge on any atom is -0.381 e. The number of hydrogen-bond donors (Lipinski definition) is 0. The Hall–Kier alpha value is -1.22. The summed E-state index contributed by atoms with van der Waals surface area (Å²) in [6.07, 6.45) is 2.53. The van der Waals surface area contributed by atoms with Gasteiger partial charge in [-0.05, 0) is 43.0 Å². The highest BCUT2D eigenvalue weighted by Crippen LogP contribution is 2.07. The number of carbonyl (C=O) groups is 1. The zero-order chi connectivity index (χ0) is 13.4. The maximum Gasteiger partial charge on any atom is 0.165 e. The van der Waals surface area contributed by atoms with E-state index >= 15 is 0 Å². The molecule has 3 heteroatoms. The van der Waals surface area contributed by atoms with Crippen LogP contribution in [0.4, 0.5) is 4.39 Å². The Bertz CT molecular complexity index is 357. The highest BCUT2D eigenvalue weighted by Gasteiger charge is 2.05. The summed E-state index contributed by atoms with van der Waals surface area (Å²) in [5.74, 6) is 0.366. The standard InChI is InChI=1S/C15H21FO2/c1-12(2)4-3-10-18-11-9-15(17)13-5-7-14(16)8-6-13/h5-8,12H,3-4,9-11H2,1-2H3. The predicted molar refractivity (Wildman–Crippen MR) is 70.2 cm³/mol. The SMILES string of the molecule is CC(C)CCCOCCC(=O)c1ccc(F)cc1. The molecule has 0 saturated carbocycles. The molecule has 1 rings (SSSR count). The quantitative estimate of drug-likeness (QED) is 0.519. The average molecular weight is 252 g/mol. The van der Waals surface area contributed by atoms with E-state index in [1.54, 1.807) is 0 Å². The van der Waals surface area contributed by atoms with Crippen LogP contribution in [0, 0.1) is 11.7 Å². The van der Waals surface area contributed by atoms with Crippen LogP contribution in [-0.4, -0.2) is 19.0 Å². The third kappa shape index (κ3) is 5.92. The van der Waals surface area contributed by atoms with Gasteiger partial charge in [0.2, 0.25) is 0 Å². The fraction of sp³-hybridized carbons (Fsp3) is 0.533. The third-order valence-electron chi connectivity index (χ3n) is 2.71. The maximum atomic E-state index is 12.7. The molecular formula is C15H21FO2. The summed E-state index contributed by atoms with van der Waals surface area (Å²) >= 11 is 0. The van der Waals surface area contributed by atoms with Crippen molar-refractivity contribution in [2.24, 2.45) is 5.92 Å². The van der Waals surface area contributed by atoms with Gasteiger partial charge in [0.05, 0.1) is 6.61 Å². The van der Waals surface area contributed by atoms with Crippen molar-refractivity contribution in [1.29, 1.82) is 0 Å². The lowest BCUT2D eigenvalue weighted by atomic mass is 10.1. The molecule has 1 aromatic rings. The van der Waals surface area contributed by atoms with E-state index in [0.29, 0.717) is 31.1 Å². The first-order valence-electron chi connectivity index (χ1n) is 6.46. The molecule has 0 radical (unpaired) electrons. The molecule has 0 fully saturated rings. The van der Waals surface area contributed by atoms with E-state index in [2.05, 4.69) is 13.8 Å². The van der Waals surface area contributed by atoms with Crippen LogP contribution in [0.2, 0.25) is 0 Å². The second-order valence-electron chi connectivity index (χ2n) is 4.83. The lowest BCUT2D eigenvalue weighted by molar-refractivity contribution is 0.0868. The number of hydrogen-bond acceptors (Lipinski definition) is 2. The van der Waals surface area contributed by atoms with Gasteiger partial charge in [-0.2, -0.15) is 0 Å². The molecule has 0 atom stereocenters. The fourth-order valence-electron chi connectivity index (χ4n) is 1.64. The van der Waals surface area contributed by atoms with Crippen LogP contribution in [0.15, 0.2) is 24.3 Å². The molecular weight excluding hydrogens is 231 g/mol. The number of ketones is 1. The summed E-state index contributed by atoms with van der Waals surface area (Å²) in [5, 5.41) is 0. The Morgan fingerprint density at radius 3 is 2.50 bits per heavy atom. The number of rotatable bonds is 8. The lowest BCUT2D eigenvalue weighted by Gasteiger charge is -2.06. The van der Waals surface area contributed by atoms with E-state index in [4.69, 9.17) is 4.74 Å². The molecule has 1 aromatic carbocycles. The molecule has 18 heavy (non-hydrogen) atoms. The molecule has 0 unspecified atom stereocenters. The summed E-state index contributed by atoms with van der Waals surface area (Å²) in [6.45, 7) is 5.50. The largest absolute Gasteiger partial charge is 0.381 e. The molecule has 0 amide bonds. The van der Waals surface area contributed by atoms with Crippen molar-refractivity contribution in [3.05, 3.63) is 35.6 Å². The summed E-state index contributed by atoms with van der Waals surface area (Å²) in [5.41, 5.74) is 0.544. The molecule has 0 aliphatic rings. The van der Waals surface area contributed by atoms with Crippen LogP contribution < -0.4 is 0 Å². The van der Waals surface area contributed by atoms with E-state index in [-0.39, 0.29) is 11.6 Å². The van der Waals surface area contributed by atoms with E-state index in [0.717, 1.165) is 12.8 Å². The Morgan fingerprint density at radius 1 is 1.22 bits per heavy atom. The first-order valence-corrected chi connectivity index (χ1v) is 6.46. The Kier molecular flexibility index (Phi) is 6.58. The van der Waals surface area contributed by atoms with Gasteiger partial charge in [-0.15, -0.1) is 0 Å². The van der Waals surface area contributed by atoms with Crippen molar-refractivity contribution in [2.75, 3.05) is 13.2 Å². The Balaban J connectivity index is 2.16. The number of ether oxygens (including phenoxy) is 1. The predicted octanol–water partition coefficient (Wildman–Crippen LogP) is 3.85. The number of halogens is 1. The van der Waals surface area contributed by atoms with Gasteiger partial charge in [-0.25, -0.2) is 4.39 Å². The van der Waals surface area contributed by atoms with Crippen LogP contribution in [0.1, 0.15) is 43.5 Å². The van der Waals surface area contributed by atoms with Crippen molar-refractivity contribution in [1.82, 2.24) is 0 Å². The molecule has 2 nitrogen and oxygen atoms in total. The van der Waals surface area contributed by atoms with Crippen molar-refractivity contribution in [2.45, 2.75) is 33.1 Å². The van der Waals surface area contributed by atoms with Gasteiger partial charge < -0.3 is 4.74 Å². The van der Waals surface area contributed by atoms with Crippen molar-refractivity contribution in [3.63, 3.8) is 0 Å². The minimum atomic E-state index is -0.323. The van der Waals surface area contributed by atoms with Crippen LogP contribution in [0.5, 0.6) is 0 Å². The van der Waals surface area contributed by atoms with Gasteiger partial charge in [-0.3, -0.25) is 4.79 Å². The molecule has 0 saturated heterocycles. The topological polar surface area (TPSA) is 26.3 Å². The van der Waals surface area contributed by atoms with Gasteiger partial charge >= 0.3 is 0 Å². The first-order chi connectivity index (χ1) is 8.59. The molecule has 0 heterocycles. The summed E-state index contributed by atoms with van der Waals surface area (Å²) in [6, 6.07) is 5.63. The zero-order valence-electron chi connectivity index (χ0n) is 11.1. The third-order valence-corrected chi connectivity index (χ3v) is 2.71. The molecule has 100 valence electrons. The summed E-state index contributed by atoms with van der Waals surface area (Å²) in [7, 11) is 0. The Morgan fingerprint density at radius 2 is 1.89 bits per heavy atom. The van der Waals surface area contributed by atoms with Crippen LogP contribution >= 0.6 is 0 Å². The highest BCUT2D eigenvalue weighted by atomic mass is 19.1. The molecule has 0 spiro atoms. The fourth-order valence-corrected chi connectivity index (χ4v) is 1.64. The Labute approximate surface area is 108 Å². The molecule has 0 aromatic heterocycles. The van der Waals surface area contributed by atoms with Crippen LogP contribution in [0.3, 0.4) is 0 Å². The first kappa shape index (κ1) is 14.8. The van der Waals surface area contributed by atoms with Crippen molar-refractivity contribution >= 4 is 5.78 Å². The van der Waals surface area contributed by atoms with Gasteiger partial charge in [-0.1, -0.05) is 13.8 Å². The van der Waals surface area contributed by atoms with Gasteiger partial charge in [0.15, 0.2) is 5.78 Å². The van der Waals surface area contributed by atoms with Gasteiger partial charge in [0, 0.05) is 18.6 Å². The molecule has 0 aliphatic heterocycles. The maximum absolute atomic E-state index is 12.7. The van der Waals surface area contributed by atoms with Crippen molar-refractivity contribution < 1.29 is 13.9 Å². The number of Topliss-reactive ketones (excluding diaryl/α,β-unsaturated/α-hetero) is 1.